The molecule has 3 rings (SSSR count). The van der Waals surface area contributed by atoms with Gasteiger partial charge in [0.2, 0.25) is 17.6 Å². The number of carbonyl (C=O) groups excluding carboxylic acids is 1. The van der Waals surface area contributed by atoms with Crippen molar-refractivity contribution in [3.05, 3.63) is 29.9 Å². The Bertz CT molecular complexity index is 639. The lowest BCUT2D eigenvalue weighted by molar-refractivity contribution is -0.132. The van der Waals surface area contributed by atoms with Crippen molar-refractivity contribution in [1.82, 2.24) is 15.0 Å². The van der Waals surface area contributed by atoms with Gasteiger partial charge in [0.05, 0.1) is 0 Å². The number of allylic oxidation sites excluding steroid dienone is 3. The maximum Gasteiger partial charge on any atom is 0.230 e. The molecule has 2 N–H and O–H groups in total. The average Bonchev–Trinajstić information content (AvgIpc) is 2.91. The number of nitrogens with zero attached hydrogens (tertiary/aromatic N) is 4. The van der Waals surface area contributed by atoms with Crippen LogP contribution in [0.1, 0.15) is 43.3 Å². The summed E-state index contributed by atoms with van der Waals surface area (Å²) in [5, 5.41) is 4.04. The van der Waals surface area contributed by atoms with Crippen LogP contribution in [0.25, 0.3) is 5.70 Å². The molecule has 7 nitrogen and oxygen atoms in total. The van der Waals surface area contributed by atoms with Crippen molar-refractivity contribution in [1.29, 1.82) is 0 Å². The van der Waals surface area contributed by atoms with Crippen LogP contribution in [0.5, 0.6) is 0 Å². The van der Waals surface area contributed by atoms with Crippen LogP contribution >= 0.6 is 0 Å². The molecule has 7 heteroatoms. The first-order chi connectivity index (χ1) is 11.3. The second kappa shape index (κ2) is 7.32. The summed E-state index contributed by atoms with van der Waals surface area (Å²) in [6.07, 6.45) is 10.6. The highest BCUT2D eigenvalue weighted by Gasteiger charge is 2.27. The predicted octanol–water partition coefficient (Wildman–Crippen LogP) is 1.50. The van der Waals surface area contributed by atoms with E-state index in [1.165, 1.54) is 0 Å². The van der Waals surface area contributed by atoms with E-state index in [2.05, 4.69) is 15.1 Å². The molecule has 0 bridgehead atoms. The summed E-state index contributed by atoms with van der Waals surface area (Å²) in [6.45, 7) is 1.82. The third-order valence-electron chi connectivity index (χ3n) is 4.09. The Hall–Kier alpha value is -2.28. The van der Waals surface area contributed by atoms with E-state index in [1.54, 1.807) is 0 Å². The molecule has 0 atom stereocenters. The molecule has 0 spiro atoms. The van der Waals surface area contributed by atoms with Crippen LogP contribution < -0.4 is 5.73 Å². The molecule has 122 valence electrons. The Morgan fingerprint density at radius 2 is 2.22 bits per heavy atom. The number of amides is 1. The van der Waals surface area contributed by atoms with Gasteiger partial charge in [-0.3, -0.25) is 9.79 Å². The summed E-state index contributed by atoms with van der Waals surface area (Å²) in [4.78, 5) is 22.5. The molecule has 2 aliphatic rings. The molecule has 1 aromatic heterocycles. The van der Waals surface area contributed by atoms with Gasteiger partial charge in [0.25, 0.3) is 0 Å². The zero-order valence-corrected chi connectivity index (χ0v) is 13.0. The van der Waals surface area contributed by atoms with Crippen molar-refractivity contribution >= 4 is 17.8 Å². The number of carbonyl (C=O) groups is 1. The smallest absolute Gasteiger partial charge is 0.230 e. The molecular formula is C16H21N5O2. The molecule has 2 aliphatic heterocycles. The molecule has 0 unspecified atom stereocenters. The Balaban J connectivity index is 1.62. The molecule has 0 radical (unpaired) electrons. The highest BCUT2D eigenvalue weighted by molar-refractivity contribution is 5.76. The highest BCUT2D eigenvalue weighted by Crippen LogP contribution is 2.28. The Labute approximate surface area is 134 Å². The Kier molecular flexibility index (Phi) is 4.97. The lowest BCUT2D eigenvalue weighted by Crippen LogP contribution is -2.38. The lowest BCUT2D eigenvalue weighted by atomic mass is 9.96. The van der Waals surface area contributed by atoms with Gasteiger partial charge in [-0.05, 0) is 18.9 Å². The number of nitrogens with two attached hydrogens (primary N) is 1. The van der Waals surface area contributed by atoms with E-state index in [9.17, 15) is 4.79 Å². The van der Waals surface area contributed by atoms with Crippen LogP contribution in [0.2, 0.25) is 0 Å². The van der Waals surface area contributed by atoms with E-state index in [4.69, 9.17) is 10.3 Å². The van der Waals surface area contributed by atoms with E-state index in [0.29, 0.717) is 43.5 Å². The fourth-order valence-electron chi connectivity index (χ4n) is 2.79. The minimum absolute atomic E-state index is 0.127. The van der Waals surface area contributed by atoms with Crippen LogP contribution in [0.15, 0.2) is 27.7 Å². The maximum atomic E-state index is 11.8. The minimum atomic E-state index is 0.127. The fourth-order valence-corrected chi connectivity index (χ4v) is 2.79. The first kappa shape index (κ1) is 15.6. The largest absolute Gasteiger partial charge is 0.343 e. The number of hydrogen-bond donors (Lipinski definition) is 1. The Morgan fingerprint density at radius 1 is 1.39 bits per heavy atom. The normalized spacial score (nSPS) is 18.8. The molecule has 3 heterocycles. The number of aliphatic imine (C=N–C) groups is 1. The monoisotopic (exact) mass is 315 g/mol. The highest BCUT2D eigenvalue weighted by atomic mass is 16.5. The average molecular weight is 315 g/mol. The molecule has 0 aromatic carbocycles. The zero-order valence-electron chi connectivity index (χ0n) is 13.0. The van der Waals surface area contributed by atoms with E-state index < -0.39 is 0 Å². The van der Waals surface area contributed by atoms with Gasteiger partial charge in [0.1, 0.15) is 5.70 Å². The molecule has 1 saturated heterocycles. The van der Waals surface area contributed by atoms with Gasteiger partial charge in [0, 0.05) is 44.6 Å². The van der Waals surface area contributed by atoms with Crippen molar-refractivity contribution in [3.8, 4) is 0 Å². The fraction of sp³-hybridized carbons (Fsp3) is 0.500. The van der Waals surface area contributed by atoms with Crippen LogP contribution in [0, 0.1) is 0 Å². The topological polar surface area (TPSA) is 97.6 Å². The summed E-state index contributed by atoms with van der Waals surface area (Å²) in [7, 11) is 0. The van der Waals surface area contributed by atoms with Crippen molar-refractivity contribution in [2.45, 2.75) is 31.6 Å². The summed E-state index contributed by atoms with van der Waals surface area (Å²) in [6, 6.07) is 0. The van der Waals surface area contributed by atoms with Gasteiger partial charge >= 0.3 is 0 Å². The van der Waals surface area contributed by atoms with E-state index in [1.807, 2.05) is 29.3 Å². The second-order valence-electron chi connectivity index (χ2n) is 5.68. The summed E-state index contributed by atoms with van der Waals surface area (Å²) < 4.78 is 5.42. The van der Waals surface area contributed by atoms with Gasteiger partial charge in [-0.25, -0.2) is 0 Å². The standard InChI is InChI=1S/C16H21N5O2/c17-8-5-14(22)21-10-6-12(7-11-21)16-19-15(20-23-16)13-4-2-1-3-9-18-13/h1-2,4,9,12H,3,5-8,10-11,17H2. The zero-order chi connectivity index (χ0) is 16.1. The third-order valence-corrected chi connectivity index (χ3v) is 4.09. The SMILES string of the molecule is NCCC(=O)N1CCC(c2nc(C3=CC=CCC=N3)no2)CC1. The number of piperidine rings is 1. The van der Waals surface area contributed by atoms with E-state index in [0.717, 1.165) is 19.3 Å². The van der Waals surface area contributed by atoms with Crippen LogP contribution in [0.4, 0.5) is 0 Å². The number of aromatic nitrogens is 2. The number of rotatable bonds is 4. The number of likely N-dealkylation sites (tertiary alicyclic amines) is 1. The molecule has 23 heavy (non-hydrogen) atoms. The van der Waals surface area contributed by atoms with Crippen LogP contribution in [-0.2, 0) is 4.79 Å². The molecular weight excluding hydrogens is 294 g/mol. The maximum absolute atomic E-state index is 11.8. The summed E-state index contributed by atoms with van der Waals surface area (Å²) >= 11 is 0. The Morgan fingerprint density at radius 3 is 3.00 bits per heavy atom. The molecule has 0 aliphatic carbocycles. The molecule has 1 aromatic rings. The van der Waals surface area contributed by atoms with Gasteiger partial charge in [-0.15, -0.1) is 0 Å². The van der Waals surface area contributed by atoms with Crippen LogP contribution in [0.3, 0.4) is 0 Å². The van der Waals surface area contributed by atoms with Crippen LogP contribution in [-0.4, -0.2) is 46.8 Å². The molecule has 0 saturated carbocycles. The first-order valence-electron chi connectivity index (χ1n) is 7.99. The lowest BCUT2D eigenvalue weighted by Gasteiger charge is -2.30. The van der Waals surface area contributed by atoms with E-state index in [-0.39, 0.29) is 11.8 Å². The first-order valence-corrected chi connectivity index (χ1v) is 7.99. The van der Waals surface area contributed by atoms with Gasteiger partial charge in [0.15, 0.2) is 0 Å². The summed E-state index contributed by atoms with van der Waals surface area (Å²) in [5.74, 6) is 1.48. The van der Waals surface area contributed by atoms with Crippen molar-refractivity contribution in [2.24, 2.45) is 10.7 Å². The van der Waals surface area contributed by atoms with E-state index >= 15 is 0 Å². The molecule has 1 amide bonds. The van der Waals surface area contributed by atoms with Gasteiger partial charge in [-0.1, -0.05) is 17.3 Å². The number of hydrogen-bond acceptors (Lipinski definition) is 6. The summed E-state index contributed by atoms with van der Waals surface area (Å²) in [5.41, 5.74) is 6.15. The van der Waals surface area contributed by atoms with Crippen molar-refractivity contribution in [3.63, 3.8) is 0 Å². The molecule has 1 fully saturated rings. The second-order valence-corrected chi connectivity index (χ2v) is 5.68. The van der Waals surface area contributed by atoms with Crippen molar-refractivity contribution < 1.29 is 9.32 Å². The quantitative estimate of drug-likeness (QED) is 0.908. The van der Waals surface area contributed by atoms with Gasteiger partial charge < -0.3 is 15.2 Å². The van der Waals surface area contributed by atoms with Crippen molar-refractivity contribution in [2.75, 3.05) is 19.6 Å². The minimum Gasteiger partial charge on any atom is -0.343 e. The van der Waals surface area contributed by atoms with Gasteiger partial charge in [-0.2, -0.15) is 4.98 Å². The predicted molar refractivity (Wildman–Crippen MR) is 86.8 cm³/mol. The third kappa shape index (κ3) is 3.73.